The van der Waals surface area contributed by atoms with Crippen LogP contribution in [0.25, 0.3) is 22.0 Å². The van der Waals surface area contributed by atoms with Crippen LogP contribution in [0.2, 0.25) is 5.02 Å². The Kier molecular flexibility index (Phi) is 6.10. The predicted octanol–water partition coefficient (Wildman–Crippen LogP) is 4.70. The van der Waals surface area contributed by atoms with Crippen molar-refractivity contribution in [1.82, 2.24) is 9.88 Å². The molecule has 1 aliphatic rings. The standard InChI is InChI=1S/C24H20ClFN2O4/c1-14(23(29)28-10-2-3-15(13-28)24(30)31)32-17-5-7-20-18(8-9-27-22(20)12-17)19-6-4-16(26)11-21(19)25/h3-9,11-12,14H,2,10,13H2,1H3,(H,30,31)/t14-/m1/s1. The van der Waals surface area contributed by atoms with Crippen molar-refractivity contribution >= 4 is 34.4 Å². The first kappa shape index (κ1) is 21.8. The number of pyridine rings is 1. The third-order valence-corrected chi connectivity index (χ3v) is 5.65. The maximum atomic E-state index is 13.4. The first-order chi connectivity index (χ1) is 15.3. The zero-order valence-corrected chi connectivity index (χ0v) is 18.0. The number of hydrogen-bond donors (Lipinski definition) is 1. The van der Waals surface area contributed by atoms with E-state index in [0.29, 0.717) is 34.8 Å². The van der Waals surface area contributed by atoms with E-state index in [1.165, 1.54) is 17.0 Å². The van der Waals surface area contributed by atoms with Crippen molar-refractivity contribution in [2.45, 2.75) is 19.4 Å². The monoisotopic (exact) mass is 454 g/mol. The van der Waals surface area contributed by atoms with Crippen LogP contribution in [-0.4, -0.2) is 46.1 Å². The maximum absolute atomic E-state index is 13.4. The molecule has 6 nitrogen and oxygen atoms in total. The lowest BCUT2D eigenvalue weighted by Crippen LogP contribution is -2.44. The number of carbonyl (C=O) groups is 2. The largest absolute Gasteiger partial charge is 0.481 e. The smallest absolute Gasteiger partial charge is 0.333 e. The van der Waals surface area contributed by atoms with Crippen molar-refractivity contribution in [3.05, 3.63) is 71.2 Å². The molecule has 1 aromatic heterocycles. The molecule has 1 aliphatic heterocycles. The highest BCUT2D eigenvalue weighted by Gasteiger charge is 2.26. The first-order valence-electron chi connectivity index (χ1n) is 10.1. The topological polar surface area (TPSA) is 79.7 Å². The zero-order valence-electron chi connectivity index (χ0n) is 17.2. The quantitative estimate of drug-likeness (QED) is 0.604. The van der Waals surface area contributed by atoms with E-state index in [9.17, 15) is 19.1 Å². The number of carboxylic acids is 1. The number of fused-ring (bicyclic) bond motifs is 1. The van der Waals surface area contributed by atoms with Crippen molar-refractivity contribution in [2.24, 2.45) is 0 Å². The summed E-state index contributed by atoms with van der Waals surface area (Å²) in [7, 11) is 0. The number of amides is 1. The molecule has 0 aliphatic carbocycles. The minimum Gasteiger partial charge on any atom is -0.481 e. The summed E-state index contributed by atoms with van der Waals surface area (Å²) in [6, 6.07) is 11.3. The number of aliphatic carboxylic acids is 1. The van der Waals surface area contributed by atoms with Crippen LogP contribution in [0.3, 0.4) is 0 Å². The van der Waals surface area contributed by atoms with Gasteiger partial charge in [-0.25, -0.2) is 9.18 Å². The van der Waals surface area contributed by atoms with Crippen LogP contribution in [0.4, 0.5) is 4.39 Å². The van der Waals surface area contributed by atoms with Crippen LogP contribution in [0.1, 0.15) is 13.3 Å². The fourth-order valence-corrected chi connectivity index (χ4v) is 4.01. The van der Waals surface area contributed by atoms with Gasteiger partial charge in [0.05, 0.1) is 22.7 Å². The number of ether oxygens (including phenoxy) is 1. The number of benzene rings is 2. The van der Waals surface area contributed by atoms with Crippen LogP contribution in [0.15, 0.2) is 60.3 Å². The molecule has 0 unspecified atom stereocenters. The second-order valence-electron chi connectivity index (χ2n) is 7.50. The minimum atomic E-state index is -1.02. The molecule has 32 heavy (non-hydrogen) atoms. The molecule has 164 valence electrons. The van der Waals surface area contributed by atoms with Gasteiger partial charge in [-0.15, -0.1) is 0 Å². The lowest BCUT2D eigenvalue weighted by Gasteiger charge is -2.28. The Morgan fingerprint density at radius 3 is 2.75 bits per heavy atom. The third-order valence-electron chi connectivity index (χ3n) is 5.33. The number of nitrogens with zero attached hydrogens (tertiary/aromatic N) is 2. The number of carboxylic acid groups (broad SMARTS) is 1. The van der Waals surface area contributed by atoms with Gasteiger partial charge in [-0.2, -0.15) is 0 Å². The highest BCUT2D eigenvalue weighted by molar-refractivity contribution is 6.33. The Bertz CT molecular complexity index is 1240. The molecule has 8 heteroatoms. The SMILES string of the molecule is C[C@@H](Oc1ccc2c(-c3ccc(F)cc3Cl)ccnc2c1)C(=O)N1CCC=C(C(=O)O)C1. The van der Waals surface area contributed by atoms with E-state index in [-0.39, 0.29) is 18.0 Å². The van der Waals surface area contributed by atoms with E-state index in [2.05, 4.69) is 4.98 Å². The van der Waals surface area contributed by atoms with Gasteiger partial charge in [0.2, 0.25) is 0 Å². The Labute approximate surface area is 188 Å². The van der Waals surface area contributed by atoms with Crippen LogP contribution in [0.5, 0.6) is 5.75 Å². The number of aromatic nitrogens is 1. The van der Waals surface area contributed by atoms with Gasteiger partial charge in [-0.1, -0.05) is 17.7 Å². The highest BCUT2D eigenvalue weighted by atomic mass is 35.5. The summed E-state index contributed by atoms with van der Waals surface area (Å²) >= 11 is 6.24. The number of hydrogen-bond acceptors (Lipinski definition) is 4. The van der Waals surface area contributed by atoms with Gasteiger partial charge in [-0.05, 0) is 55.3 Å². The highest BCUT2D eigenvalue weighted by Crippen LogP contribution is 2.34. The van der Waals surface area contributed by atoms with Gasteiger partial charge in [0.25, 0.3) is 5.91 Å². The molecule has 2 aromatic carbocycles. The lowest BCUT2D eigenvalue weighted by atomic mass is 10.0. The molecule has 2 heterocycles. The summed E-state index contributed by atoms with van der Waals surface area (Å²) in [5.74, 6) is -1.25. The number of carbonyl (C=O) groups excluding carboxylic acids is 1. The Morgan fingerprint density at radius 2 is 2.00 bits per heavy atom. The summed E-state index contributed by atoms with van der Waals surface area (Å²) < 4.78 is 19.3. The molecule has 1 amide bonds. The minimum absolute atomic E-state index is 0.0585. The number of halogens is 2. The normalized spacial score (nSPS) is 14.7. The molecule has 0 bridgehead atoms. The molecule has 4 rings (SSSR count). The van der Waals surface area contributed by atoms with Gasteiger partial charge in [-0.3, -0.25) is 9.78 Å². The maximum Gasteiger partial charge on any atom is 0.333 e. The van der Waals surface area contributed by atoms with Gasteiger partial charge < -0.3 is 14.7 Å². The Morgan fingerprint density at radius 1 is 1.19 bits per heavy atom. The summed E-state index contributed by atoms with van der Waals surface area (Å²) in [5.41, 5.74) is 2.33. The van der Waals surface area contributed by atoms with Crippen molar-refractivity contribution in [3.63, 3.8) is 0 Å². The van der Waals surface area contributed by atoms with Crippen LogP contribution >= 0.6 is 11.6 Å². The van der Waals surface area contributed by atoms with Crippen molar-refractivity contribution in [3.8, 4) is 16.9 Å². The van der Waals surface area contributed by atoms with E-state index < -0.39 is 17.9 Å². The predicted molar refractivity (Wildman–Crippen MR) is 119 cm³/mol. The van der Waals surface area contributed by atoms with Gasteiger partial charge in [0.1, 0.15) is 11.6 Å². The number of rotatable bonds is 5. The molecule has 0 saturated heterocycles. The fraction of sp³-hybridized carbons (Fsp3) is 0.208. The Hall–Kier alpha value is -3.45. The molecular formula is C24H20ClFN2O4. The average Bonchev–Trinajstić information content (AvgIpc) is 2.78. The van der Waals surface area contributed by atoms with E-state index in [1.54, 1.807) is 43.5 Å². The molecule has 0 spiro atoms. The fourth-order valence-electron chi connectivity index (χ4n) is 3.74. The van der Waals surface area contributed by atoms with Gasteiger partial charge in [0, 0.05) is 29.8 Å². The van der Waals surface area contributed by atoms with Crippen LogP contribution in [-0.2, 0) is 9.59 Å². The molecule has 0 saturated carbocycles. The average molecular weight is 455 g/mol. The molecule has 0 radical (unpaired) electrons. The molecular weight excluding hydrogens is 435 g/mol. The molecule has 1 N–H and O–H groups in total. The van der Waals surface area contributed by atoms with E-state index in [1.807, 2.05) is 6.07 Å². The summed E-state index contributed by atoms with van der Waals surface area (Å²) in [6.07, 6.45) is 2.96. The summed E-state index contributed by atoms with van der Waals surface area (Å²) in [6.45, 7) is 2.14. The summed E-state index contributed by atoms with van der Waals surface area (Å²) in [5, 5.41) is 10.3. The second kappa shape index (κ2) is 8.96. The molecule has 1 atom stereocenters. The third kappa shape index (κ3) is 4.43. The molecule has 0 fully saturated rings. The van der Waals surface area contributed by atoms with Crippen LogP contribution < -0.4 is 4.74 Å². The zero-order chi connectivity index (χ0) is 22.8. The summed E-state index contributed by atoms with van der Waals surface area (Å²) in [4.78, 5) is 29.8. The lowest BCUT2D eigenvalue weighted by molar-refractivity contribution is -0.138. The van der Waals surface area contributed by atoms with Gasteiger partial charge >= 0.3 is 5.97 Å². The first-order valence-corrected chi connectivity index (χ1v) is 10.4. The second-order valence-corrected chi connectivity index (χ2v) is 7.91. The van der Waals surface area contributed by atoms with Crippen LogP contribution in [0, 0.1) is 5.82 Å². The van der Waals surface area contributed by atoms with E-state index in [0.717, 1.165) is 10.9 Å². The van der Waals surface area contributed by atoms with Gasteiger partial charge in [0.15, 0.2) is 6.10 Å². The van der Waals surface area contributed by atoms with Crippen molar-refractivity contribution in [1.29, 1.82) is 0 Å². The van der Waals surface area contributed by atoms with Crippen molar-refractivity contribution < 1.29 is 23.8 Å². The van der Waals surface area contributed by atoms with E-state index >= 15 is 0 Å². The van der Waals surface area contributed by atoms with E-state index in [4.69, 9.17) is 16.3 Å². The molecule has 3 aromatic rings. The Balaban J connectivity index is 1.55. The van der Waals surface area contributed by atoms with Crippen molar-refractivity contribution in [2.75, 3.05) is 13.1 Å².